The average Bonchev–Trinajstić information content (AvgIpc) is 2.65. The minimum Gasteiger partial charge on any atom is -0.486 e. The minimum absolute atomic E-state index is 0.196. The Balaban J connectivity index is 1.47. The molecule has 7 nitrogen and oxygen atoms in total. The van der Waals surface area contributed by atoms with Gasteiger partial charge in [0.1, 0.15) is 12.7 Å². The molecule has 0 saturated heterocycles. The molecule has 1 aliphatic heterocycles. The molecule has 8 heteroatoms. The van der Waals surface area contributed by atoms with Crippen molar-refractivity contribution in [2.45, 2.75) is 12.5 Å². The molecule has 1 heterocycles. The van der Waals surface area contributed by atoms with Crippen LogP contribution in [-0.4, -0.2) is 46.4 Å². The molecule has 1 aliphatic rings. The second-order valence-electron chi connectivity index (χ2n) is 6.32. The summed E-state index contributed by atoms with van der Waals surface area (Å²) in [6.07, 6.45) is 1.44. The first-order valence-electron chi connectivity index (χ1n) is 8.61. The summed E-state index contributed by atoms with van der Waals surface area (Å²) in [6, 6.07) is 14.5. The number of rotatable bonds is 7. The third-order valence-corrected chi connectivity index (χ3v) is 4.78. The van der Waals surface area contributed by atoms with Crippen LogP contribution in [0.25, 0.3) is 0 Å². The first-order chi connectivity index (χ1) is 12.9. The summed E-state index contributed by atoms with van der Waals surface area (Å²) in [4.78, 5) is 12.3. The molecule has 0 bridgehead atoms. The zero-order chi connectivity index (χ0) is 19.3. The van der Waals surface area contributed by atoms with Crippen LogP contribution >= 0.6 is 0 Å². The highest BCUT2D eigenvalue weighted by molar-refractivity contribution is 7.88. The van der Waals surface area contributed by atoms with Crippen LogP contribution in [0, 0.1) is 0 Å². The molecule has 0 saturated carbocycles. The molecule has 3 rings (SSSR count). The van der Waals surface area contributed by atoms with E-state index in [-0.39, 0.29) is 12.0 Å². The van der Waals surface area contributed by atoms with E-state index in [1.807, 2.05) is 36.4 Å². The van der Waals surface area contributed by atoms with Crippen LogP contribution < -0.4 is 19.5 Å². The van der Waals surface area contributed by atoms with Crippen LogP contribution in [0.3, 0.4) is 0 Å². The van der Waals surface area contributed by atoms with Crippen LogP contribution in [0.1, 0.15) is 15.9 Å². The van der Waals surface area contributed by atoms with E-state index in [9.17, 15) is 13.2 Å². The third-order valence-electron chi connectivity index (χ3n) is 4.05. The van der Waals surface area contributed by atoms with Gasteiger partial charge in [-0.05, 0) is 36.2 Å². The molecule has 0 fully saturated rings. The minimum atomic E-state index is -3.19. The van der Waals surface area contributed by atoms with Crippen molar-refractivity contribution in [3.8, 4) is 11.5 Å². The van der Waals surface area contributed by atoms with Crippen molar-refractivity contribution in [3.05, 3.63) is 59.7 Å². The summed E-state index contributed by atoms with van der Waals surface area (Å²) < 4.78 is 36.0. The largest absolute Gasteiger partial charge is 0.486 e. The Kier molecular flexibility index (Phi) is 5.98. The van der Waals surface area contributed by atoms with Crippen molar-refractivity contribution >= 4 is 15.9 Å². The highest BCUT2D eigenvalue weighted by Crippen LogP contribution is 2.30. The number of hydrogen-bond acceptors (Lipinski definition) is 5. The Labute approximate surface area is 158 Å². The van der Waals surface area contributed by atoms with Crippen molar-refractivity contribution < 1.29 is 22.7 Å². The molecule has 1 atom stereocenters. The van der Waals surface area contributed by atoms with E-state index in [1.54, 1.807) is 12.1 Å². The molecule has 2 N–H and O–H groups in total. The van der Waals surface area contributed by atoms with Crippen LogP contribution in [-0.2, 0) is 16.4 Å². The predicted molar refractivity (Wildman–Crippen MR) is 102 cm³/mol. The summed E-state index contributed by atoms with van der Waals surface area (Å²) >= 11 is 0. The highest BCUT2D eigenvalue weighted by atomic mass is 32.2. The lowest BCUT2D eigenvalue weighted by Crippen LogP contribution is -2.40. The number of carbonyl (C=O) groups excluding carboxylic acids is 1. The molecular weight excluding hydrogens is 368 g/mol. The number of benzene rings is 2. The fourth-order valence-electron chi connectivity index (χ4n) is 2.68. The van der Waals surface area contributed by atoms with Gasteiger partial charge in [0.15, 0.2) is 11.5 Å². The van der Waals surface area contributed by atoms with Gasteiger partial charge in [0.2, 0.25) is 10.0 Å². The van der Waals surface area contributed by atoms with Crippen molar-refractivity contribution in [2.75, 3.05) is 26.0 Å². The van der Waals surface area contributed by atoms with Crippen molar-refractivity contribution in [3.63, 3.8) is 0 Å². The van der Waals surface area contributed by atoms with Crippen molar-refractivity contribution in [2.24, 2.45) is 0 Å². The van der Waals surface area contributed by atoms with E-state index in [0.29, 0.717) is 43.2 Å². The number of carbonyl (C=O) groups is 1. The van der Waals surface area contributed by atoms with E-state index in [0.717, 1.165) is 11.8 Å². The lowest BCUT2D eigenvalue weighted by molar-refractivity contribution is 0.0789. The van der Waals surface area contributed by atoms with E-state index < -0.39 is 10.0 Å². The second kappa shape index (κ2) is 8.41. The Morgan fingerprint density at radius 2 is 1.81 bits per heavy atom. The Bertz CT molecular complexity index is 897. The van der Waals surface area contributed by atoms with Gasteiger partial charge >= 0.3 is 0 Å². The third kappa shape index (κ3) is 5.70. The molecule has 0 aromatic heterocycles. The Hall–Kier alpha value is -2.58. The molecule has 2 aromatic rings. The predicted octanol–water partition coefficient (Wildman–Crippen LogP) is 1.35. The molecule has 0 aliphatic carbocycles. The van der Waals surface area contributed by atoms with Gasteiger partial charge in [0, 0.05) is 12.1 Å². The first kappa shape index (κ1) is 19.2. The maximum Gasteiger partial charge on any atom is 0.251 e. The fraction of sp³-hybridized carbons (Fsp3) is 0.316. The van der Waals surface area contributed by atoms with Gasteiger partial charge in [-0.1, -0.05) is 24.3 Å². The lowest BCUT2D eigenvalue weighted by Gasteiger charge is -2.26. The van der Waals surface area contributed by atoms with E-state index >= 15 is 0 Å². The molecule has 0 spiro atoms. The number of hydrogen-bond donors (Lipinski definition) is 2. The van der Waals surface area contributed by atoms with Gasteiger partial charge in [0.05, 0.1) is 12.8 Å². The van der Waals surface area contributed by atoms with Gasteiger partial charge in [-0.2, -0.15) is 0 Å². The Morgan fingerprint density at radius 3 is 2.52 bits per heavy atom. The summed E-state index contributed by atoms with van der Waals surface area (Å²) in [5.41, 5.74) is 1.48. The maximum atomic E-state index is 12.3. The zero-order valence-electron chi connectivity index (χ0n) is 15.0. The van der Waals surface area contributed by atoms with E-state index in [4.69, 9.17) is 9.47 Å². The van der Waals surface area contributed by atoms with Crippen molar-refractivity contribution in [1.82, 2.24) is 10.0 Å². The second-order valence-corrected chi connectivity index (χ2v) is 8.15. The average molecular weight is 390 g/mol. The number of fused-ring (bicyclic) bond motifs is 1. The van der Waals surface area contributed by atoms with Crippen LogP contribution in [0.2, 0.25) is 0 Å². The normalized spacial score (nSPS) is 16.0. The summed E-state index contributed by atoms with van der Waals surface area (Å²) in [5.74, 6) is 1.19. The smallest absolute Gasteiger partial charge is 0.251 e. The highest BCUT2D eigenvalue weighted by Gasteiger charge is 2.21. The number of sulfonamides is 1. The topological polar surface area (TPSA) is 93.7 Å². The molecule has 1 amide bonds. The Morgan fingerprint density at radius 1 is 1.11 bits per heavy atom. The summed E-state index contributed by atoms with van der Waals surface area (Å²) in [7, 11) is -3.19. The van der Waals surface area contributed by atoms with Crippen LogP contribution in [0.4, 0.5) is 0 Å². The van der Waals surface area contributed by atoms with Crippen LogP contribution in [0.5, 0.6) is 11.5 Å². The van der Waals surface area contributed by atoms with E-state index in [1.165, 1.54) is 0 Å². The molecule has 0 radical (unpaired) electrons. The summed E-state index contributed by atoms with van der Waals surface area (Å²) in [6.45, 7) is 1.04. The number of para-hydroxylation sites is 2. The molecule has 27 heavy (non-hydrogen) atoms. The molecule has 0 unspecified atom stereocenters. The lowest BCUT2D eigenvalue weighted by atomic mass is 10.1. The molecular formula is C19H22N2O5S. The molecule has 144 valence electrons. The number of nitrogens with one attached hydrogen (secondary N) is 2. The molecule has 2 aromatic carbocycles. The standard InChI is InChI=1S/C19H22N2O5S/c1-27(23,24)21-11-10-14-6-8-15(9-7-14)19(22)20-12-16-13-25-17-4-2-3-5-18(17)26-16/h2-9,16,21H,10-13H2,1H3,(H,20,22)/t16-/m1/s1. The monoisotopic (exact) mass is 390 g/mol. The quantitative estimate of drug-likeness (QED) is 0.744. The van der Waals surface area contributed by atoms with Gasteiger partial charge < -0.3 is 14.8 Å². The van der Waals surface area contributed by atoms with Gasteiger partial charge in [-0.15, -0.1) is 0 Å². The SMILES string of the molecule is CS(=O)(=O)NCCc1ccc(C(=O)NC[C@@H]2COc3ccccc3O2)cc1. The number of ether oxygens (including phenoxy) is 2. The van der Waals surface area contributed by atoms with E-state index in [2.05, 4.69) is 10.0 Å². The fourth-order valence-corrected chi connectivity index (χ4v) is 3.15. The first-order valence-corrected chi connectivity index (χ1v) is 10.5. The van der Waals surface area contributed by atoms with Crippen LogP contribution in [0.15, 0.2) is 48.5 Å². The maximum absolute atomic E-state index is 12.3. The van der Waals surface area contributed by atoms with Gasteiger partial charge in [0.25, 0.3) is 5.91 Å². The number of amides is 1. The van der Waals surface area contributed by atoms with Gasteiger partial charge in [-0.25, -0.2) is 13.1 Å². The van der Waals surface area contributed by atoms with Gasteiger partial charge in [-0.3, -0.25) is 4.79 Å². The zero-order valence-corrected chi connectivity index (χ0v) is 15.8. The summed E-state index contributed by atoms with van der Waals surface area (Å²) in [5, 5.41) is 2.85. The van der Waals surface area contributed by atoms with Crippen molar-refractivity contribution in [1.29, 1.82) is 0 Å².